The highest BCUT2D eigenvalue weighted by atomic mass is 16.4. The first kappa shape index (κ1) is 12.3. The molecule has 1 unspecified atom stereocenters. The van der Waals surface area contributed by atoms with E-state index in [0.717, 1.165) is 0 Å². The number of carboxylic acids is 1. The van der Waals surface area contributed by atoms with Gasteiger partial charge in [0.25, 0.3) is 0 Å². The molecular formula is C12H16N2O2. The third kappa shape index (κ3) is 2.08. The Labute approximate surface area is 95.5 Å². The van der Waals surface area contributed by atoms with Gasteiger partial charge in [-0.3, -0.25) is 0 Å². The molecule has 0 spiro atoms. The van der Waals surface area contributed by atoms with E-state index in [1.807, 2.05) is 20.8 Å². The Morgan fingerprint density at radius 2 is 2.31 bits per heavy atom. The number of aliphatic carboxylic acids is 1. The maximum Gasteiger partial charge on any atom is 0.333 e. The van der Waals surface area contributed by atoms with E-state index >= 15 is 0 Å². The Morgan fingerprint density at radius 3 is 2.75 bits per heavy atom. The molecule has 0 bridgehead atoms. The van der Waals surface area contributed by atoms with E-state index in [4.69, 9.17) is 5.11 Å². The van der Waals surface area contributed by atoms with Gasteiger partial charge in [-0.2, -0.15) is 5.26 Å². The average Bonchev–Trinajstić information content (AvgIpc) is 2.27. The maximum absolute atomic E-state index is 10.9. The van der Waals surface area contributed by atoms with Gasteiger partial charge in [0, 0.05) is 6.20 Å². The summed E-state index contributed by atoms with van der Waals surface area (Å²) < 4.78 is 0. The smallest absolute Gasteiger partial charge is 0.333 e. The Bertz CT molecular complexity index is 390. The van der Waals surface area contributed by atoms with Crippen molar-refractivity contribution in [2.45, 2.75) is 26.3 Å². The highest BCUT2D eigenvalue weighted by Crippen LogP contribution is 2.26. The molecule has 0 aromatic carbocycles. The van der Waals surface area contributed by atoms with Crippen molar-refractivity contribution >= 4 is 5.97 Å². The third-order valence-corrected chi connectivity index (χ3v) is 3.13. The van der Waals surface area contributed by atoms with Crippen LogP contribution in [0.5, 0.6) is 0 Å². The number of nitriles is 1. The summed E-state index contributed by atoms with van der Waals surface area (Å²) in [4.78, 5) is 12.7. The van der Waals surface area contributed by atoms with Crippen LogP contribution in [0, 0.1) is 17.2 Å². The Morgan fingerprint density at radius 1 is 1.69 bits per heavy atom. The summed E-state index contributed by atoms with van der Waals surface area (Å²) in [6, 6.07) is 2.26. The Balaban J connectivity index is 2.95. The van der Waals surface area contributed by atoms with Crippen LogP contribution in [-0.2, 0) is 4.79 Å². The van der Waals surface area contributed by atoms with E-state index in [9.17, 15) is 10.1 Å². The fourth-order valence-electron chi connectivity index (χ4n) is 1.53. The lowest BCUT2D eigenvalue weighted by Gasteiger charge is -2.39. The normalized spacial score (nSPS) is 18.9. The van der Waals surface area contributed by atoms with Crippen molar-refractivity contribution in [3.8, 4) is 6.07 Å². The summed E-state index contributed by atoms with van der Waals surface area (Å²) in [7, 11) is 0. The van der Waals surface area contributed by atoms with Gasteiger partial charge in [-0.15, -0.1) is 0 Å². The van der Waals surface area contributed by atoms with E-state index in [2.05, 4.69) is 6.07 Å². The highest BCUT2D eigenvalue weighted by Gasteiger charge is 2.35. The molecule has 4 nitrogen and oxygen atoms in total. The summed E-state index contributed by atoms with van der Waals surface area (Å²) in [5, 5.41) is 18.2. The molecule has 0 amide bonds. The van der Waals surface area contributed by atoms with E-state index in [1.54, 1.807) is 23.3 Å². The number of allylic oxidation sites excluding steroid dienone is 2. The Hall–Kier alpha value is -1.76. The molecular weight excluding hydrogens is 204 g/mol. The van der Waals surface area contributed by atoms with Crippen LogP contribution in [0.1, 0.15) is 20.8 Å². The minimum Gasteiger partial charge on any atom is -0.478 e. The molecule has 1 rings (SSSR count). The molecule has 0 aromatic heterocycles. The van der Waals surface area contributed by atoms with Crippen molar-refractivity contribution < 1.29 is 9.90 Å². The van der Waals surface area contributed by atoms with E-state index in [1.165, 1.54) is 0 Å². The second-order valence-corrected chi connectivity index (χ2v) is 4.38. The molecule has 0 aliphatic carbocycles. The minimum atomic E-state index is -0.932. The van der Waals surface area contributed by atoms with Crippen molar-refractivity contribution in [3.05, 3.63) is 23.9 Å². The van der Waals surface area contributed by atoms with Crippen LogP contribution in [0.4, 0.5) is 0 Å². The molecule has 1 heterocycles. The Kier molecular flexibility index (Phi) is 3.38. The van der Waals surface area contributed by atoms with Gasteiger partial charge < -0.3 is 10.0 Å². The lowest BCUT2D eigenvalue weighted by Crippen LogP contribution is -2.48. The molecule has 1 atom stereocenters. The largest absolute Gasteiger partial charge is 0.478 e. The maximum atomic E-state index is 10.9. The number of carboxylic acid groups (broad SMARTS) is 1. The van der Waals surface area contributed by atoms with Gasteiger partial charge in [0.15, 0.2) is 0 Å². The number of nitrogens with zero attached hydrogens (tertiary/aromatic N) is 2. The predicted molar refractivity (Wildman–Crippen MR) is 60.4 cm³/mol. The lowest BCUT2D eigenvalue weighted by molar-refractivity contribution is -0.133. The first-order chi connectivity index (χ1) is 7.41. The number of hydrogen-bond donors (Lipinski definition) is 1. The zero-order chi connectivity index (χ0) is 12.3. The van der Waals surface area contributed by atoms with Crippen LogP contribution < -0.4 is 0 Å². The molecule has 1 aliphatic rings. The van der Waals surface area contributed by atoms with Crippen LogP contribution in [0.15, 0.2) is 23.9 Å². The average molecular weight is 220 g/mol. The van der Waals surface area contributed by atoms with Crippen molar-refractivity contribution in [1.82, 2.24) is 4.90 Å². The molecule has 0 saturated heterocycles. The fraction of sp³-hybridized carbons (Fsp3) is 0.500. The van der Waals surface area contributed by atoms with Crippen LogP contribution >= 0.6 is 0 Å². The second-order valence-electron chi connectivity index (χ2n) is 4.38. The van der Waals surface area contributed by atoms with Gasteiger partial charge in [0.05, 0.1) is 18.2 Å². The standard InChI is InChI=1S/C12H16N2O2/c1-9(2)12(3,8-13)14-6-4-5-10(7-14)11(15)16/h4-6,9H,7H2,1-3H3,(H,15,16). The van der Waals surface area contributed by atoms with Gasteiger partial charge in [0.1, 0.15) is 5.54 Å². The SMILES string of the molecule is CC(C)C(C)(C#N)N1C=CC=C(C(=O)O)C1. The van der Waals surface area contributed by atoms with E-state index in [-0.39, 0.29) is 12.5 Å². The quantitative estimate of drug-likeness (QED) is 0.787. The zero-order valence-corrected chi connectivity index (χ0v) is 9.77. The van der Waals surface area contributed by atoms with E-state index < -0.39 is 11.5 Å². The topological polar surface area (TPSA) is 64.3 Å². The summed E-state index contributed by atoms with van der Waals surface area (Å²) in [6.07, 6.45) is 5.01. The molecule has 0 radical (unpaired) electrons. The van der Waals surface area contributed by atoms with Gasteiger partial charge in [-0.1, -0.05) is 13.8 Å². The molecule has 86 valence electrons. The third-order valence-electron chi connectivity index (χ3n) is 3.13. The molecule has 0 fully saturated rings. The first-order valence-corrected chi connectivity index (χ1v) is 5.20. The summed E-state index contributed by atoms with van der Waals surface area (Å²) in [6.45, 7) is 6.01. The van der Waals surface area contributed by atoms with Crippen LogP contribution in [0.2, 0.25) is 0 Å². The van der Waals surface area contributed by atoms with Crippen LogP contribution in [0.25, 0.3) is 0 Å². The summed E-state index contributed by atoms with van der Waals surface area (Å²) in [5.41, 5.74) is -0.365. The van der Waals surface area contributed by atoms with E-state index in [0.29, 0.717) is 5.57 Å². The summed E-state index contributed by atoms with van der Waals surface area (Å²) >= 11 is 0. The monoisotopic (exact) mass is 220 g/mol. The van der Waals surface area contributed by atoms with Gasteiger partial charge in [-0.25, -0.2) is 4.79 Å². The first-order valence-electron chi connectivity index (χ1n) is 5.20. The van der Waals surface area contributed by atoms with Crippen LogP contribution in [-0.4, -0.2) is 28.1 Å². The lowest BCUT2D eigenvalue weighted by atomic mass is 9.87. The molecule has 1 aliphatic heterocycles. The van der Waals surface area contributed by atoms with Gasteiger partial charge >= 0.3 is 5.97 Å². The van der Waals surface area contributed by atoms with Crippen molar-refractivity contribution in [2.24, 2.45) is 5.92 Å². The highest BCUT2D eigenvalue weighted by molar-refractivity contribution is 5.87. The molecule has 0 aromatic rings. The predicted octanol–water partition coefficient (Wildman–Crippen LogP) is 1.76. The number of rotatable bonds is 3. The molecule has 1 N–H and O–H groups in total. The number of carbonyl (C=O) groups is 1. The van der Waals surface area contributed by atoms with Gasteiger partial charge in [0.2, 0.25) is 0 Å². The van der Waals surface area contributed by atoms with Gasteiger partial charge in [-0.05, 0) is 25.0 Å². The van der Waals surface area contributed by atoms with Crippen molar-refractivity contribution in [3.63, 3.8) is 0 Å². The van der Waals surface area contributed by atoms with Crippen molar-refractivity contribution in [1.29, 1.82) is 5.26 Å². The number of hydrogen-bond acceptors (Lipinski definition) is 3. The summed E-state index contributed by atoms with van der Waals surface area (Å²) in [5.74, 6) is -0.811. The molecule has 0 saturated carbocycles. The zero-order valence-electron chi connectivity index (χ0n) is 9.77. The fourth-order valence-corrected chi connectivity index (χ4v) is 1.53. The minimum absolute atomic E-state index is 0.121. The molecule has 16 heavy (non-hydrogen) atoms. The van der Waals surface area contributed by atoms with Crippen molar-refractivity contribution in [2.75, 3.05) is 6.54 Å². The molecule has 4 heteroatoms. The second kappa shape index (κ2) is 4.40. The van der Waals surface area contributed by atoms with Crippen LogP contribution in [0.3, 0.4) is 0 Å².